The van der Waals surface area contributed by atoms with E-state index in [0.29, 0.717) is 18.5 Å². The molecule has 2 aliphatic rings. The smallest absolute Gasteiger partial charge is 0.338 e. The molecule has 152 valence electrons. The summed E-state index contributed by atoms with van der Waals surface area (Å²) in [5.74, 6) is -3.14. The van der Waals surface area contributed by atoms with Crippen LogP contribution in [0.3, 0.4) is 0 Å². The van der Waals surface area contributed by atoms with Gasteiger partial charge in [-0.2, -0.15) is 0 Å². The Morgan fingerprint density at radius 2 is 1.93 bits per heavy atom. The van der Waals surface area contributed by atoms with Gasteiger partial charge in [0.1, 0.15) is 6.54 Å². The lowest BCUT2D eigenvalue weighted by atomic mass is 10.1. The van der Waals surface area contributed by atoms with Crippen molar-refractivity contribution in [2.24, 2.45) is 0 Å². The van der Waals surface area contributed by atoms with Crippen molar-refractivity contribution in [3.8, 4) is 5.88 Å². The summed E-state index contributed by atoms with van der Waals surface area (Å²) in [5.41, 5.74) is -1.28. The van der Waals surface area contributed by atoms with Gasteiger partial charge in [0.2, 0.25) is 5.88 Å². The van der Waals surface area contributed by atoms with Crippen molar-refractivity contribution in [3.05, 3.63) is 68.4 Å². The van der Waals surface area contributed by atoms with E-state index in [-0.39, 0.29) is 6.54 Å². The normalized spacial score (nSPS) is 15.6. The van der Waals surface area contributed by atoms with Gasteiger partial charge < -0.3 is 15.5 Å². The number of aliphatic carboxylic acids is 1. The van der Waals surface area contributed by atoms with Crippen molar-refractivity contribution in [3.63, 3.8) is 0 Å². The van der Waals surface area contributed by atoms with E-state index in [2.05, 4.69) is 5.32 Å². The first-order chi connectivity index (χ1) is 13.9. The average molecular weight is 399 g/mol. The lowest BCUT2D eigenvalue weighted by Gasteiger charge is -2.18. The fourth-order valence-corrected chi connectivity index (χ4v) is 3.21. The third kappa shape index (κ3) is 4.29. The van der Waals surface area contributed by atoms with E-state index in [9.17, 15) is 24.3 Å². The Morgan fingerprint density at radius 3 is 2.55 bits per heavy atom. The van der Waals surface area contributed by atoms with Gasteiger partial charge in [0.15, 0.2) is 5.56 Å². The monoisotopic (exact) mass is 399 g/mol. The third-order valence-electron chi connectivity index (χ3n) is 4.64. The highest BCUT2D eigenvalue weighted by Gasteiger charge is 2.26. The standard InChI is InChI=1S/C20H21N3O6/c24-15(25)11-21-17(26)16-18(27)22(12-13-7-3-1-4-8-13)20(29)23(19(16)28)14-9-5-2-6-10-14/h1,3,5,7,9-10,27H,2,4,6,8,11-12H2,(H,21,26)(H,24,25). The molecule has 0 spiro atoms. The van der Waals surface area contributed by atoms with Gasteiger partial charge in [-0.3, -0.25) is 19.0 Å². The summed E-state index contributed by atoms with van der Waals surface area (Å²) in [6, 6.07) is 0. The highest BCUT2D eigenvalue weighted by molar-refractivity contribution is 5.97. The maximum Gasteiger partial charge on any atom is 0.338 e. The second-order valence-electron chi connectivity index (χ2n) is 6.68. The summed E-state index contributed by atoms with van der Waals surface area (Å²) in [7, 11) is 0. The summed E-state index contributed by atoms with van der Waals surface area (Å²) in [6.07, 6.45) is 13.6. The van der Waals surface area contributed by atoms with Crippen LogP contribution in [0, 0.1) is 0 Å². The van der Waals surface area contributed by atoms with Crippen molar-refractivity contribution >= 4 is 17.6 Å². The van der Waals surface area contributed by atoms with Gasteiger partial charge in [0.25, 0.3) is 11.5 Å². The predicted molar refractivity (Wildman–Crippen MR) is 106 cm³/mol. The molecule has 0 atom stereocenters. The lowest BCUT2D eigenvalue weighted by molar-refractivity contribution is -0.135. The van der Waals surface area contributed by atoms with Crippen molar-refractivity contribution < 1.29 is 19.8 Å². The number of hydrogen-bond donors (Lipinski definition) is 3. The number of aromatic nitrogens is 2. The van der Waals surface area contributed by atoms with E-state index in [1.807, 2.05) is 18.2 Å². The fourth-order valence-electron chi connectivity index (χ4n) is 3.21. The van der Waals surface area contributed by atoms with E-state index in [0.717, 1.165) is 27.5 Å². The molecule has 1 amide bonds. The summed E-state index contributed by atoms with van der Waals surface area (Å²) in [6.45, 7) is -0.721. The number of carbonyl (C=O) groups is 2. The second kappa shape index (κ2) is 8.59. The molecule has 0 unspecified atom stereocenters. The molecule has 0 aliphatic heterocycles. The predicted octanol–water partition coefficient (Wildman–Crippen LogP) is 0.997. The number of amides is 1. The van der Waals surface area contributed by atoms with E-state index in [1.165, 1.54) is 0 Å². The van der Waals surface area contributed by atoms with Crippen LogP contribution in [0.1, 0.15) is 36.0 Å². The highest BCUT2D eigenvalue weighted by Crippen LogP contribution is 2.19. The summed E-state index contributed by atoms with van der Waals surface area (Å²) >= 11 is 0. The molecular weight excluding hydrogens is 378 g/mol. The minimum Gasteiger partial charge on any atom is -0.494 e. The average Bonchev–Trinajstić information content (AvgIpc) is 2.71. The van der Waals surface area contributed by atoms with E-state index in [1.54, 1.807) is 18.2 Å². The molecule has 2 aliphatic carbocycles. The zero-order chi connectivity index (χ0) is 21.0. The minimum absolute atomic E-state index is 0.00545. The number of carbonyl (C=O) groups excluding carboxylic acids is 1. The first kappa shape index (κ1) is 20.1. The number of carboxylic acids is 1. The van der Waals surface area contributed by atoms with Gasteiger partial charge in [-0.05, 0) is 37.3 Å². The van der Waals surface area contributed by atoms with Crippen LogP contribution in [-0.2, 0) is 11.3 Å². The molecule has 0 saturated heterocycles. The molecule has 0 radical (unpaired) electrons. The summed E-state index contributed by atoms with van der Waals surface area (Å²) in [5, 5.41) is 21.4. The van der Waals surface area contributed by atoms with Gasteiger partial charge in [-0.15, -0.1) is 0 Å². The quantitative estimate of drug-likeness (QED) is 0.654. The van der Waals surface area contributed by atoms with Gasteiger partial charge in [0.05, 0.1) is 6.54 Å². The lowest BCUT2D eigenvalue weighted by Crippen LogP contribution is -2.44. The number of nitrogens with one attached hydrogen (secondary N) is 1. The number of aromatic hydroxyl groups is 1. The maximum atomic E-state index is 13.0. The zero-order valence-corrected chi connectivity index (χ0v) is 15.6. The molecule has 0 saturated carbocycles. The third-order valence-corrected chi connectivity index (χ3v) is 4.64. The van der Waals surface area contributed by atoms with Crippen LogP contribution in [0.5, 0.6) is 5.88 Å². The van der Waals surface area contributed by atoms with Crippen molar-refractivity contribution in [2.75, 3.05) is 6.54 Å². The minimum atomic E-state index is -1.30. The van der Waals surface area contributed by atoms with Crippen LogP contribution in [0.4, 0.5) is 0 Å². The van der Waals surface area contributed by atoms with Crippen LogP contribution < -0.4 is 16.6 Å². The Labute approximate surface area is 165 Å². The Kier molecular flexibility index (Phi) is 5.96. The molecule has 9 heteroatoms. The van der Waals surface area contributed by atoms with Gasteiger partial charge in [-0.1, -0.05) is 30.4 Å². The molecule has 3 rings (SSSR count). The number of nitrogens with zero attached hydrogens (tertiary/aromatic N) is 2. The van der Waals surface area contributed by atoms with E-state index >= 15 is 0 Å². The van der Waals surface area contributed by atoms with Gasteiger partial charge >= 0.3 is 11.7 Å². The first-order valence-corrected chi connectivity index (χ1v) is 9.20. The summed E-state index contributed by atoms with van der Waals surface area (Å²) < 4.78 is 1.80. The van der Waals surface area contributed by atoms with Crippen molar-refractivity contribution in [1.29, 1.82) is 0 Å². The summed E-state index contributed by atoms with van der Waals surface area (Å²) in [4.78, 5) is 49.2. The fraction of sp³-hybridized carbons (Fsp3) is 0.300. The molecule has 3 N–H and O–H groups in total. The Morgan fingerprint density at radius 1 is 1.14 bits per heavy atom. The molecule has 0 bridgehead atoms. The number of allylic oxidation sites excluding steroid dienone is 8. The molecule has 9 nitrogen and oxygen atoms in total. The Balaban J connectivity index is 2.17. The number of rotatable bonds is 6. The van der Waals surface area contributed by atoms with Crippen molar-refractivity contribution in [1.82, 2.24) is 14.5 Å². The van der Waals surface area contributed by atoms with Crippen LogP contribution in [0.25, 0.3) is 5.70 Å². The van der Waals surface area contributed by atoms with Crippen molar-refractivity contribution in [2.45, 2.75) is 32.2 Å². The first-order valence-electron chi connectivity index (χ1n) is 9.20. The van der Waals surface area contributed by atoms with E-state index in [4.69, 9.17) is 5.11 Å². The molecule has 0 aromatic carbocycles. The maximum absolute atomic E-state index is 13.0. The highest BCUT2D eigenvalue weighted by atomic mass is 16.4. The Bertz CT molecular complexity index is 1080. The van der Waals surface area contributed by atoms with Gasteiger partial charge in [0, 0.05) is 5.70 Å². The molecule has 1 aromatic heterocycles. The van der Waals surface area contributed by atoms with Crippen LogP contribution in [0.15, 0.2) is 51.6 Å². The SMILES string of the molecule is O=C(O)CNC(=O)c1c(O)n(CC2=CC=CCC2)c(=O)n(C2=CCCC=C2)c1=O. The number of hydrogen-bond acceptors (Lipinski definition) is 5. The van der Waals surface area contributed by atoms with Crippen LogP contribution in [0.2, 0.25) is 0 Å². The zero-order valence-electron chi connectivity index (χ0n) is 15.6. The molecule has 1 aromatic rings. The largest absolute Gasteiger partial charge is 0.494 e. The second-order valence-corrected chi connectivity index (χ2v) is 6.68. The van der Waals surface area contributed by atoms with Crippen LogP contribution >= 0.6 is 0 Å². The molecular formula is C20H21N3O6. The number of carboxylic acid groups (broad SMARTS) is 1. The molecule has 1 heterocycles. The topological polar surface area (TPSA) is 131 Å². The molecule has 0 fully saturated rings. The Hall–Kier alpha value is -3.62. The molecule has 29 heavy (non-hydrogen) atoms. The van der Waals surface area contributed by atoms with Crippen LogP contribution in [-0.4, -0.2) is 37.8 Å². The van der Waals surface area contributed by atoms with Gasteiger partial charge in [-0.25, -0.2) is 9.36 Å². The van der Waals surface area contributed by atoms with E-state index < -0.39 is 41.1 Å².